The molecule has 92 valence electrons. The fourth-order valence-corrected chi connectivity index (χ4v) is 2.27. The summed E-state index contributed by atoms with van der Waals surface area (Å²) in [4.78, 5) is 11.8. The molecule has 1 fully saturated rings. The van der Waals surface area contributed by atoms with Crippen LogP contribution in [0.15, 0.2) is 22.7 Å². The average Bonchev–Trinajstić information content (AvgIpc) is 2.13. The van der Waals surface area contributed by atoms with E-state index < -0.39 is 11.7 Å². The van der Waals surface area contributed by atoms with Crippen molar-refractivity contribution in [3.63, 3.8) is 0 Å². The Morgan fingerprint density at radius 1 is 1.29 bits per heavy atom. The van der Waals surface area contributed by atoms with Crippen LogP contribution in [0.3, 0.4) is 0 Å². The summed E-state index contributed by atoms with van der Waals surface area (Å²) in [7, 11) is 0. The molecular weight excluding hydrogens is 297 g/mol. The molecule has 5 heteroatoms. The van der Waals surface area contributed by atoms with E-state index in [1.807, 2.05) is 0 Å². The van der Waals surface area contributed by atoms with Crippen LogP contribution in [0.4, 0.5) is 13.2 Å². The maximum atomic E-state index is 12.6. The third kappa shape index (κ3) is 2.54. The maximum absolute atomic E-state index is 12.6. The Hall–Kier alpha value is -0.840. The van der Waals surface area contributed by atoms with E-state index in [2.05, 4.69) is 15.9 Å². The molecule has 0 spiro atoms. The predicted octanol–water partition coefficient (Wildman–Crippen LogP) is 4.45. The summed E-state index contributed by atoms with van der Waals surface area (Å²) in [6.45, 7) is 0. The minimum atomic E-state index is -4.44. The average molecular weight is 307 g/mol. The molecular formula is C12H10BrF3O. The third-order valence-electron chi connectivity index (χ3n) is 3.03. The van der Waals surface area contributed by atoms with Gasteiger partial charge in [0.2, 0.25) is 0 Å². The summed E-state index contributed by atoms with van der Waals surface area (Å²) >= 11 is 2.85. The van der Waals surface area contributed by atoms with E-state index in [0.717, 1.165) is 25.3 Å². The molecule has 0 amide bonds. The first kappa shape index (κ1) is 12.6. The summed E-state index contributed by atoms with van der Waals surface area (Å²) < 4.78 is 37.9. The molecule has 0 bridgehead atoms. The van der Waals surface area contributed by atoms with E-state index in [4.69, 9.17) is 0 Å². The van der Waals surface area contributed by atoms with Gasteiger partial charge in [-0.2, -0.15) is 13.2 Å². The monoisotopic (exact) mass is 306 g/mol. The van der Waals surface area contributed by atoms with Gasteiger partial charge >= 0.3 is 6.18 Å². The lowest BCUT2D eigenvalue weighted by Gasteiger charge is -2.24. The Bertz CT molecular complexity index is 450. The zero-order valence-corrected chi connectivity index (χ0v) is 10.4. The molecule has 0 aliphatic heterocycles. The second-order valence-electron chi connectivity index (χ2n) is 4.18. The Kier molecular flexibility index (Phi) is 3.30. The molecule has 0 atom stereocenters. The van der Waals surface area contributed by atoms with Crippen LogP contribution in [-0.4, -0.2) is 5.78 Å². The van der Waals surface area contributed by atoms with Crippen molar-refractivity contribution in [1.82, 2.24) is 0 Å². The highest BCUT2D eigenvalue weighted by Gasteiger charge is 2.34. The number of hydrogen-bond donors (Lipinski definition) is 0. The van der Waals surface area contributed by atoms with Gasteiger partial charge in [0, 0.05) is 16.0 Å². The Morgan fingerprint density at radius 2 is 1.94 bits per heavy atom. The van der Waals surface area contributed by atoms with Gasteiger partial charge in [0.05, 0.1) is 5.56 Å². The standard InChI is InChI=1S/C12H10BrF3O/c13-10-5-4-8(6-9(10)12(14,15)16)11(17)7-2-1-3-7/h4-7H,1-3H2. The molecule has 1 saturated carbocycles. The molecule has 0 radical (unpaired) electrons. The number of carbonyl (C=O) groups excluding carboxylic acids is 1. The highest BCUT2D eigenvalue weighted by Crippen LogP contribution is 2.37. The van der Waals surface area contributed by atoms with Crippen molar-refractivity contribution in [2.24, 2.45) is 5.92 Å². The van der Waals surface area contributed by atoms with Crippen molar-refractivity contribution in [3.8, 4) is 0 Å². The van der Waals surface area contributed by atoms with Gasteiger partial charge in [-0.15, -0.1) is 0 Å². The topological polar surface area (TPSA) is 17.1 Å². The maximum Gasteiger partial charge on any atom is 0.417 e. The van der Waals surface area contributed by atoms with Crippen molar-refractivity contribution in [1.29, 1.82) is 0 Å². The molecule has 17 heavy (non-hydrogen) atoms. The number of ketones is 1. The summed E-state index contributed by atoms with van der Waals surface area (Å²) in [5, 5.41) is 0. The minimum Gasteiger partial charge on any atom is -0.294 e. The summed E-state index contributed by atoms with van der Waals surface area (Å²) in [5.74, 6) is -0.258. The number of alkyl halides is 3. The first-order chi connectivity index (χ1) is 7.89. The van der Waals surface area contributed by atoms with Gasteiger partial charge in [-0.1, -0.05) is 28.4 Å². The van der Waals surface area contributed by atoms with Gasteiger partial charge in [-0.25, -0.2) is 0 Å². The smallest absolute Gasteiger partial charge is 0.294 e. The van der Waals surface area contributed by atoms with Crippen LogP contribution >= 0.6 is 15.9 Å². The normalized spacial score (nSPS) is 16.7. The Morgan fingerprint density at radius 3 is 2.41 bits per heavy atom. The number of benzene rings is 1. The number of Topliss-reactive ketones (excluding diaryl/α,β-unsaturated/α-hetero) is 1. The van der Waals surface area contributed by atoms with E-state index in [1.165, 1.54) is 12.1 Å². The molecule has 1 nitrogen and oxygen atoms in total. The predicted molar refractivity (Wildman–Crippen MR) is 60.8 cm³/mol. The van der Waals surface area contributed by atoms with E-state index in [-0.39, 0.29) is 21.7 Å². The minimum absolute atomic E-state index is 0.0323. The molecule has 0 aromatic heterocycles. The van der Waals surface area contributed by atoms with Gasteiger partial charge < -0.3 is 0 Å². The van der Waals surface area contributed by atoms with Gasteiger partial charge in [0.25, 0.3) is 0 Å². The molecule has 1 aromatic rings. The van der Waals surface area contributed by atoms with Gasteiger partial charge in [0.15, 0.2) is 5.78 Å². The van der Waals surface area contributed by atoms with Crippen LogP contribution in [0.25, 0.3) is 0 Å². The summed E-state index contributed by atoms with van der Waals surface area (Å²) in [6.07, 6.45) is -1.87. The summed E-state index contributed by atoms with van der Waals surface area (Å²) in [6, 6.07) is 3.67. The molecule has 0 N–H and O–H groups in total. The zero-order chi connectivity index (χ0) is 12.6. The molecule has 0 unspecified atom stereocenters. The zero-order valence-electron chi connectivity index (χ0n) is 8.85. The number of halogens is 4. The van der Waals surface area contributed by atoms with Gasteiger partial charge in [-0.3, -0.25) is 4.79 Å². The van der Waals surface area contributed by atoms with Crippen LogP contribution in [0.1, 0.15) is 35.2 Å². The van der Waals surface area contributed by atoms with Crippen molar-refractivity contribution in [2.45, 2.75) is 25.4 Å². The Balaban J connectivity index is 2.33. The van der Waals surface area contributed by atoms with Gasteiger partial charge in [0.1, 0.15) is 0 Å². The van der Waals surface area contributed by atoms with E-state index in [0.29, 0.717) is 0 Å². The second kappa shape index (κ2) is 4.44. The van der Waals surface area contributed by atoms with Crippen molar-refractivity contribution in [3.05, 3.63) is 33.8 Å². The third-order valence-corrected chi connectivity index (χ3v) is 3.72. The lowest BCUT2D eigenvalue weighted by Crippen LogP contribution is -2.22. The quantitative estimate of drug-likeness (QED) is 0.738. The number of hydrogen-bond acceptors (Lipinski definition) is 1. The van der Waals surface area contributed by atoms with Crippen molar-refractivity contribution in [2.75, 3.05) is 0 Å². The van der Waals surface area contributed by atoms with Crippen LogP contribution in [0.2, 0.25) is 0 Å². The summed E-state index contributed by atoms with van der Waals surface area (Å²) in [5.41, 5.74) is -0.632. The van der Waals surface area contributed by atoms with Crippen molar-refractivity contribution >= 4 is 21.7 Å². The SMILES string of the molecule is O=C(c1ccc(Br)c(C(F)(F)F)c1)C1CCC1. The highest BCUT2D eigenvalue weighted by atomic mass is 79.9. The largest absolute Gasteiger partial charge is 0.417 e. The second-order valence-corrected chi connectivity index (χ2v) is 5.04. The fraction of sp³-hybridized carbons (Fsp3) is 0.417. The highest BCUT2D eigenvalue weighted by molar-refractivity contribution is 9.10. The van der Waals surface area contributed by atoms with Crippen LogP contribution in [-0.2, 0) is 6.18 Å². The molecule has 1 aliphatic rings. The van der Waals surface area contributed by atoms with E-state index in [9.17, 15) is 18.0 Å². The van der Waals surface area contributed by atoms with E-state index in [1.54, 1.807) is 0 Å². The van der Waals surface area contributed by atoms with Crippen LogP contribution < -0.4 is 0 Å². The molecule has 2 rings (SSSR count). The molecule has 0 saturated heterocycles. The van der Waals surface area contributed by atoms with Gasteiger partial charge in [-0.05, 0) is 25.0 Å². The van der Waals surface area contributed by atoms with E-state index >= 15 is 0 Å². The van der Waals surface area contributed by atoms with Crippen LogP contribution in [0.5, 0.6) is 0 Å². The van der Waals surface area contributed by atoms with Crippen LogP contribution in [0, 0.1) is 5.92 Å². The first-order valence-corrected chi connectivity index (χ1v) is 6.10. The molecule has 0 heterocycles. The lowest BCUT2D eigenvalue weighted by atomic mass is 9.80. The number of carbonyl (C=O) groups is 1. The van der Waals surface area contributed by atoms with Crippen molar-refractivity contribution < 1.29 is 18.0 Å². The first-order valence-electron chi connectivity index (χ1n) is 5.30. The number of rotatable bonds is 2. The fourth-order valence-electron chi connectivity index (χ4n) is 1.80. The Labute approximate surface area is 105 Å². The lowest BCUT2D eigenvalue weighted by molar-refractivity contribution is -0.138. The molecule has 1 aromatic carbocycles. The molecule has 1 aliphatic carbocycles.